The van der Waals surface area contributed by atoms with E-state index < -0.39 is 6.10 Å². The van der Waals surface area contributed by atoms with Gasteiger partial charge in [0.05, 0.1) is 19.9 Å². The van der Waals surface area contributed by atoms with E-state index in [-0.39, 0.29) is 24.9 Å². The van der Waals surface area contributed by atoms with Crippen LogP contribution in [0.1, 0.15) is 24.5 Å². The number of nitrogens with zero attached hydrogens (tertiary/aromatic N) is 1. The molecule has 0 saturated heterocycles. The Bertz CT molecular complexity index is 912. The molecule has 1 aliphatic heterocycles. The molecule has 0 saturated carbocycles. The number of ether oxygens (including phenoxy) is 3. The predicted octanol–water partition coefficient (Wildman–Crippen LogP) is 2.83. The first-order valence-electron chi connectivity index (χ1n) is 9.53. The van der Waals surface area contributed by atoms with E-state index in [1.54, 1.807) is 26.4 Å². The van der Waals surface area contributed by atoms with Crippen LogP contribution in [0.15, 0.2) is 36.4 Å². The molecule has 2 aromatic rings. The SMILES string of the molecule is CCC1Oc2ccc(C)cc2N(CC(=O)NCc2ccc(OC)cc2OC)C1=O. The third-order valence-electron chi connectivity index (χ3n) is 4.86. The largest absolute Gasteiger partial charge is 0.497 e. The van der Waals surface area contributed by atoms with Gasteiger partial charge in [0.15, 0.2) is 6.10 Å². The van der Waals surface area contributed by atoms with Crippen molar-refractivity contribution in [2.45, 2.75) is 32.9 Å². The maximum absolute atomic E-state index is 12.8. The van der Waals surface area contributed by atoms with Crippen molar-refractivity contribution in [2.24, 2.45) is 0 Å². The summed E-state index contributed by atoms with van der Waals surface area (Å²) in [5.41, 5.74) is 2.43. The lowest BCUT2D eigenvalue weighted by Gasteiger charge is -2.34. The van der Waals surface area contributed by atoms with Crippen molar-refractivity contribution in [1.82, 2.24) is 5.32 Å². The van der Waals surface area contributed by atoms with Crippen LogP contribution in [0.25, 0.3) is 0 Å². The van der Waals surface area contributed by atoms with E-state index in [9.17, 15) is 9.59 Å². The summed E-state index contributed by atoms with van der Waals surface area (Å²) in [5.74, 6) is 1.45. The zero-order valence-electron chi connectivity index (χ0n) is 17.2. The lowest BCUT2D eigenvalue weighted by Crippen LogP contribution is -2.49. The first-order chi connectivity index (χ1) is 14.0. The van der Waals surface area contributed by atoms with Crippen LogP contribution in [0.2, 0.25) is 0 Å². The molecular formula is C22H26N2O5. The number of aryl methyl sites for hydroxylation is 1. The molecular weight excluding hydrogens is 372 g/mol. The molecule has 1 N–H and O–H groups in total. The Labute approximate surface area is 170 Å². The molecule has 0 radical (unpaired) electrons. The highest BCUT2D eigenvalue weighted by molar-refractivity contribution is 6.03. The molecule has 154 valence electrons. The van der Waals surface area contributed by atoms with E-state index in [4.69, 9.17) is 14.2 Å². The van der Waals surface area contributed by atoms with Crippen LogP contribution in [0.3, 0.4) is 0 Å². The van der Waals surface area contributed by atoms with Gasteiger partial charge in [-0.25, -0.2) is 0 Å². The zero-order chi connectivity index (χ0) is 21.0. The fraction of sp³-hybridized carbons (Fsp3) is 0.364. The Morgan fingerprint density at radius 3 is 2.66 bits per heavy atom. The number of fused-ring (bicyclic) bond motifs is 1. The quantitative estimate of drug-likeness (QED) is 0.776. The van der Waals surface area contributed by atoms with Crippen molar-refractivity contribution < 1.29 is 23.8 Å². The van der Waals surface area contributed by atoms with Gasteiger partial charge in [0.25, 0.3) is 5.91 Å². The Morgan fingerprint density at radius 2 is 1.97 bits per heavy atom. The molecule has 7 nitrogen and oxygen atoms in total. The molecule has 2 amide bonds. The Kier molecular flexibility index (Phi) is 6.26. The molecule has 0 aromatic heterocycles. The molecule has 1 atom stereocenters. The van der Waals surface area contributed by atoms with Crippen LogP contribution in [0.5, 0.6) is 17.2 Å². The number of carbonyl (C=O) groups excluding carboxylic acids is 2. The van der Waals surface area contributed by atoms with Crippen molar-refractivity contribution in [3.05, 3.63) is 47.5 Å². The number of amides is 2. The number of hydrogen-bond acceptors (Lipinski definition) is 5. The van der Waals surface area contributed by atoms with Crippen LogP contribution < -0.4 is 24.4 Å². The standard InChI is InChI=1S/C22H26N2O5/c1-5-18-22(26)24(17-10-14(2)6-9-19(17)29-18)13-21(25)23-12-15-7-8-16(27-3)11-20(15)28-4/h6-11,18H,5,12-13H2,1-4H3,(H,23,25). The average Bonchev–Trinajstić information content (AvgIpc) is 2.74. The molecule has 3 rings (SSSR count). The zero-order valence-corrected chi connectivity index (χ0v) is 17.2. The smallest absolute Gasteiger partial charge is 0.268 e. The fourth-order valence-corrected chi connectivity index (χ4v) is 3.25. The summed E-state index contributed by atoms with van der Waals surface area (Å²) in [6.07, 6.45) is -0.0486. The lowest BCUT2D eigenvalue weighted by atomic mass is 10.1. The van der Waals surface area contributed by atoms with Crippen molar-refractivity contribution >= 4 is 17.5 Å². The molecule has 7 heteroatoms. The summed E-state index contributed by atoms with van der Waals surface area (Å²) < 4.78 is 16.3. The molecule has 0 fully saturated rings. The van der Waals surface area contributed by atoms with E-state index in [2.05, 4.69) is 5.32 Å². The van der Waals surface area contributed by atoms with Gasteiger partial charge in [0.2, 0.25) is 5.91 Å². The maximum atomic E-state index is 12.8. The average molecular weight is 398 g/mol. The van der Waals surface area contributed by atoms with Crippen LogP contribution >= 0.6 is 0 Å². The Morgan fingerprint density at radius 1 is 1.17 bits per heavy atom. The minimum absolute atomic E-state index is 0.0758. The van der Waals surface area contributed by atoms with Crippen molar-refractivity contribution in [1.29, 1.82) is 0 Å². The monoisotopic (exact) mass is 398 g/mol. The second-order valence-corrected chi connectivity index (χ2v) is 6.86. The number of methoxy groups -OCH3 is 2. The van der Waals surface area contributed by atoms with Gasteiger partial charge in [-0.2, -0.15) is 0 Å². The lowest BCUT2D eigenvalue weighted by molar-refractivity contribution is -0.129. The maximum Gasteiger partial charge on any atom is 0.268 e. The van der Waals surface area contributed by atoms with Gasteiger partial charge in [-0.05, 0) is 43.2 Å². The summed E-state index contributed by atoms with van der Waals surface area (Å²) in [4.78, 5) is 26.9. The molecule has 1 aliphatic rings. The Hall–Kier alpha value is -3.22. The van der Waals surface area contributed by atoms with Crippen LogP contribution in [-0.2, 0) is 16.1 Å². The normalized spacial score (nSPS) is 15.4. The van der Waals surface area contributed by atoms with E-state index in [0.29, 0.717) is 29.4 Å². The van der Waals surface area contributed by atoms with Crippen LogP contribution in [-0.4, -0.2) is 38.7 Å². The molecule has 0 aliphatic carbocycles. The van der Waals surface area contributed by atoms with Crippen molar-refractivity contribution in [2.75, 3.05) is 25.7 Å². The number of nitrogens with one attached hydrogen (secondary N) is 1. The van der Waals surface area contributed by atoms with Gasteiger partial charge >= 0.3 is 0 Å². The number of hydrogen-bond donors (Lipinski definition) is 1. The third-order valence-corrected chi connectivity index (χ3v) is 4.86. The van der Waals surface area contributed by atoms with Crippen LogP contribution in [0, 0.1) is 6.92 Å². The molecule has 1 heterocycles. The molecule has 2 aromatic carbocycles. The highest BCUT2D eigenvalue weighted by Crippen LogP contribution is 2.35. The van der Waals surface area contributed by atoms with Gasteiger partial charge < -0.3 is 19.5 Å². The third kappa shape index (κ3) is 4.45. The Balaban J connectivity index is 1.73. The van der Waals surface area contributed by atoms with Gasteiger partial charge in [-0.3, -0.25) is 14.5 Å². The van der Waals surface area contributed by atoms with E-state index in [1.165, 1.54) is 4.90 Å². The summed E-state index contributed by atoms with van der Waals surface area (Å²) in [6.45, 7) is 4.02. The first kappa shape index (κ1) is 20.5. The predicted molar refractivity (Wildman–Crippen MR) is 110 cm³/mol. The highest BCUT2D eigenvalue weighted by atomic mass is 16.5. The number of benzene rings is 2. The van der Waals surface area contributed by atoms with Gasteiger partial charge in [-0.1, -0.05) is 13.0 Å². The second-order valence-electron chi connectivity index (χ2n) is 6.86. The molecule has 1 unspecified atom stereocenters. The molecule has 0 spiro atoms. The number of anilines is 1. The summed E-state index contributed by atoms with van der Waals surface area (Å²) in [7, 11) is 3.15. The minimum Gasteiger partial charge on any atom is -0.497 e. The molecule has 0 bridgehead atoms. The first-order valence-corrected chi connectivity index (χ1v) is 9.53. The summed E-state index contributed by atoms with van der Waals surface area (Å²) >= 11 is 0. The van der Waals surface area contributed by atoms with E-state index in [1.807, 2.05) is 38.1 Å². The summed E-state index contributed by atoms with van der Waals surface area (Å²) in [5, 5.41) is 2.86. The summed E-state index contributed by atoms with van der Waals surface area (Å²) in [6, 6.07) is 11.0. The topological polar surface area (TPSA) is 77.1 Å². The van der Waals surface area contributed by atoms with Crippen molar-refractivity contribution in [3.8, 4) is 17.2 Å². The van der Waals surface area contributed by atoms with Crippen molar-refractivity contribution in [3.63, 3.8) is 0 Å². The second kappa shape index (κ2) is 8.86. The highest BCUT2D eigenvalue weighted by Gasteiger charge is 2.34. The fourth-order valence-electron chi connectivity index (χ4n) is 3.25. The van der Waals surface area contributed by atoms with Gasteiger partial charge in [0.1, 0.15) is 23.8 Å². The molecule has 29 heavy (non-hydrogen) atoms. The van der Waals surface area contributed by atoms with Gasteiger partial charge in [0, 0.05) is 18.2 Å². The van der Waals surface area contributed by atoms with E-state index >= 15 is 0 Å². The number of carbonyl (C=O) groups is 2. The van der Waals surface area contributed by atoms with Crippen LogP contribution in [0.4, 0.5) is 5.69 Å². The van der Waals surface area contributed by atoms with E-state index in [0.717, 1.165) is 11.1 Å². The van der Waals surface area contributed by atoms with Gasteiger partial charge in [-0.15, -0.1) is 0 Å². The minimum atomic E-state index is -0.584. The number of rotatable bonds is 7.